The molecule has 1 atom stereocenters. The van der Waals surface area contributed by atoms with Crippen molar-refractivity contribution >= 4 is 52.2 Å². The number of hydrogen-bond acceptors (Lipinski definition) is 3. The number of hydrogen-bond donors (Lipinski definition) is 2. The van der Waals surface area contributed by atoms with Crippen molar-refractivity contribution in [3.05, 3.63) is 98.0 Å². The first-order valence-corrected chi connectivity index (χ1v) is 11.8. The van der Waals surface area contributed by atoms with Gasteiger partial charge >= 0.3 is 12.4 Å². The molecule has 0 aliphatic heterocycles. The number of halogens is 10. The van der Waals surface area contributed by atoms with Crippen molar-refractivity contribution in [1.29, 1.82) is 0 Å². The molecule has 39 heavy (non-hydrogen) atoms. The molecule has 0 heterocycles. The van der Waals surface area contributed by atoms with Crippen molar-refractivity contribution in [2.75, 3.05) is 12.5 Å². The number of carbonyl (C=O) groups is 1. The van der Waals surface area contributed by atoms with Gasteiger partial charge in [-0.3, -0.25) is 15.6 Å². The van der Waals surface area contributed by atoms with E-state index < -0.39 is 52.3 Å². The highest BCUT2D eigenvalue weighted by Gasteiger charge is 2.41. The maximum absolute atomic E-state index is 15.0. The van der Waals surface area contributed by atoms with Crippen molar-refractivity contribution < 1.29 is 40.3 Å². The highest BCUT2D eigenvalue weighted by Crippen LogP contribution is 2.43. The lowest BCUT2D eigenvalue weighted by molar-refractivity contribution is -0.140. The number of amides is 1. The van der Waals surface area contributed by atoms with E-state index in [4.69, 9.17) is 39.5 Å². The van der Waals surface area contributed by atoms with Crippen LogP contribution in [0.1, 0.15) is 33.0 Å². The van der Waals surface area contributed by atoms with Gasteiger partial charge in [0, 0.05) is 5.56 Å². The Morgan fingerprint density at radius 1 is 0.949 bits per heavy atom. The van der Waals surface area contributed by atoms with Gasteiger partial charge in [0.2, 0.25) is 0 Å². The summed E-state index contributed by atoms with van der Waals surface area (Å²) in [6, 6.07) is 9.46. The first-order chi connectivity index (χ1) is 18.1. The summed E-state index contributed by atoms with van der Waals surface area (Å²) in [5, 5.41) is -0.895. The van der Waals surface area contributed by atoms with Crippen LogP contribution in [0.25, 0.3) is 5.83 Å². The maximum Gasteiger partial charge on any atom is 0.417 e. The largest absolute Gasteiger partial charge is 0.495 e. The van der Waals surface area contributed by atoms with Gasteiger partial charge in [0.15, 0.2) is 0 Å². The van der Waals surface area contributed by atoms with Crippen LogP contribution in [0.15, 0.2) is 60.7 Å². The monoisotopic (exact) mass is 614 g/mol. The first-order valence-electron chi connectivity index (χ1n) is 10.6. The molecular weight excluding hydrogens is 600 g/mol. The van der Waals surface area contributed by atoms with Crippen molar-refractivity contribution in [3.63, 3.8) is 0 Å². The van der Waals surface area contributed by atoms with Crippen LogP contribution in [-0.2, 0) is 6.18 Å². The number of rotatable bonds is 7. The second-order valence-corrected chi connectivity index (χ2v) is 9.06. The minimum absolute atomic E-state index is 0.0777. The molecular formula is C25H16Cl3F7N2O2. The van der Waals surface area contributed by atoms with E-state index in [1.54, 1.807) is 12.1 Å². The van der Waals surface area contributed by atoms with Crippen molar-refractivity contribution in [2.24, 2.45) is 0 Å². The van der Waals surface area contributed by atoms with Gasteiger partial charge < -0.3 is 4.74 Å². The lowest BCUT2D eigenvalue weighted by atomic mass is 9.95. The zero-order valence-corrected chi connectivity index (χ0v) is 21.7. The van der Waals surface area contributed by atoms with Crippen LogP contribution in [0.4, 0.5) is 36.4 Å². The number of methoxy groups -OCH3 is 1. The Bertz CT molecular complexity index is 1390. The Balaban J connectivity index is 1.98. The third-order valence-corrected chi connectivity index (χ3v) is 6.49. The Morgan fingerprint density at radius 3 is 2.13 bits per heavy atom. The topological polar surface area (TPSA) is 50.4 Å². The van der Waals surface area contributed by atoms with Crippen LogP contribution in [-0.4, -0.2) is 19.2 Å². The van der Waals surface area contributed by atoms with Crippen molar-refractivity contribution in [1.82, 2.24) is 5.43 Å². The summed E-state index contributed by atoms with van der Waals surface area (Å²) in [7, 11) is 1.34. The average Bonchev–Trinajstić information content (AvgIpc) is 2.87. The normalized spacial score (nSPS) is 13.2. The van der Waals surface area contributed by atoms with Crippen LogP contribution in [0, 0.1) is 0 Å². The molecule has 3 aromatic carbocycles. The fourth-order valence-corrected chi connectivity index (χ4v) is 4.05. The van der Waals surface area contributed by atoms with Gasteiger partial charge in [0.25, 0.3) is 5.91 Å². The van der Waals surface area contributed by atoms with E-state index >= 15 is 4.39 Å². The van der Waals surface area contributed by atoms with Crippen LogP contribution in [0.2, 0.25) is 15.1 Å². The summed E-state index contributed by atoms with van der Waals surface area (Å²) in [4.78, 5) is 12.5. The summed E-state index contributed by atoms with van der Waals surface area (Å²) in [6.07, 6.45) is -10.2. The standard InChI is InChI=1S/C25H16Cl3F7N2O2/c1-39-21-5-3-2-4-20(21)36-37-23(38)14-7-6-12(8-16(14)25(33,34)35)19(29)11-15(24(30,31)32)13-9-17(26)22(28)18(27)10-13/h2-11,15,36H,1H3,(H,37,38)/b19-11-. The van der Waals surface area contributed by atoms with Crippen LogP contribution in [0.5, 0.6) is 5.75 Å². The Hall–Kier alpha value is -3.15. The molecule has 0 radical (unpaired) electrons. The number of nitrogens with one attached hydrogen (secondary N) is 2. The highest BCUT2D eigenvalue weighted by molar-refractivity contribution is 6.48. The van der Waals surface area contributed by atoms with Gasteiger partial charge in [0.05, 0.1) is 39.0 Å². The SMILES string of the molecule is COc1ccccc1NNC(=O)c1ccc(/C(F)=C/C(c2cc(Cl)c(Cl)c(Cl)c2)C(F)(F)F)cc1C(F)(F)F. The predicted molar refractivity (Wildman–Crippen MR) is 135 cm³/mol. The molecule has 0 saturated heterocycles. The van der Waals surface area contributed by atoms with E-state index in [9.17, 15) is 31.1 Å². The van der Waals surface area contributed by atoms with E-state index in [1.165, 1.54) is 19.2 Å². The van der Waals surface area contributed by atoms with Crippen molar-refractivity contribution in [2.45, 2.75) is 18.3 Å². The second-order valence-electron chi connectivity index (χ2n) is 7.87. The molecule has 0 spiro atoms. The minimum Gasteiger partial charge on any atom is -0.495 e. The number of benzene rings is 3. The lowest BCUT2D eigenvalue weighted by Gasteiger charge is -2.19. The molecule has 3 aromatic rings. The smallest absolute Gasteiger partial charge is 0.417 e. The molecule has 0 aliphatic carbocycles. The average molecular weight is 616 g/mol. The van der Waals surface area contributed by atoms with E-state index in [0.717, 1.165) is 18.2 Å². The maximum atomic E-state index is 15.0. The number of allylic oxidation sites excluding steroid dienone is 1. The van der Waals surface area contributed by atoms with Gasteiger partial charge in [-0.1, -0.05) is 53.0 Å². The molecule has 2 N–H and O–H groups in total. The summed E-state index contributed by atoms with van der Waals surface area (Å²) in [6.45, 7) is 0. The number of ether oxygens (including phenoxy) is 1. The number of hydrazine groups is 1. The molecule has 0 fully saturated rings. The van der Waals surface area contributed by atoms with Gasteiger partial charge in [-0.25, -0.2) is 4.39 Å². The van der Waals surface area contributed by atoms with E-state index in [-0.39, 0.29) is 38.6 Å². The molecule has 4 nitrogen and oxygen atoms in total. The summed E-state index contributed by atoms with van der Waals surface area (Å²) in [5.41, 5.74) is 0.794. The first kappa shape index (κ1) is 30.4. The van der Waals surface area contributed by atoms with Gasteiger partial charge in [-0.2, -0.15) is 26.3 Å². The fourth-order valence-electron chi connectivity index (χ4n) is 3.44. The molecule has 3 rings (SSSR count). The third-order valence-electron chi connectivity index (χ3n) is 5.29. The van der Waals surface area contributed by atoms with Crippen LogP contribution >= 0.6 is 34.8 Å². The van der Waals surface area contributed by atoms with Crippen LogP contribution < -0.4 is 15.6 Å². The molecule has 0 bridgehead atoms. The number of anilines is 1. The van der Waals surface area contributed by atoms with Gasteiger partial charge in [0.1, 0.15) is 17.5 Å². The Kier molecular flexibility index (Phi) is 9.30. The van der Waals surface area contributed by atoms with E-state index in [2.05, 4.69) is 10.9 Å². The predicted octanol–water partition coefficient (Wildman–Crippen LogP) is 9.09. The quantitative estimate of drug-likeness (QED) is 0.158. The third kappa shape index (κ3) is 7.28. The molecule has 0 aromatic heterocycles. The number of alkyl halides is 6. The number of carbonyl (C=O) groups excluding carboxylic acids is 1. The minimum atomic E-state index is -5.16. The van der Waals surface area contributed by atoms with E-state index in [1.807, 2.05) is 0 Å². The zero-order chi connectivity index (χ0) is 29.1. The molecule has 14 heteroatoms. The van der Waals surface area contributed by atoms with Gasteiger partial charge in [-0.15, -0.1) is 0 Å². The van der Waals surface area contributed by atoms with Gasteiger partial charge in [-0.05, 0) is 48.0 Å². The van der Waals surface area contributed by atoms with Crippen molar-refractivity contribution in [3.8, 4) is 5.75 Å². The van der Waals surface area contributed by atoms with E-state index in [0.29, 0.717) is 6.07 Å². The summed E-state index contributed by atoms with van der Waals surface area (Å²) in [5.74, 6) is -5.24. The zero-order valence-electron chi connectivity index (χ0n) is 19.4. The second kappa shape index (κ2) is 11.9. The summed E-state index contributed by atoms with van der Waals surface area (Å²) < 4.78 is 103. The molecule has 1 amide bonds. The Labute approximate surface area is 232 Å². The summed E-state index contributed by atoms with van der Waals surface area (Å²) >= 11 is 17.3. The molecule has 0 saturated carbocycles. The fraction of sp³-hybridized carbons (Fsp3) is 0.160. The molecule has 1 unspecified atom stereocenters. The molecule has 208 valence electrons. The Morgan fingerprint density at radius 2 is 1.56 bits per heavy atom. The van der Waals surface area contributed by atoms with Crippen LogP contribution in [0.3, 0.4) is 0 Å². The number of para-hydroxylation sites is 2. The highest BCUT2D eigenvalue weighted by atomic mass is 35.5. The lowest BCUT2D eigenvalue weighted by Crippen LogP contribution is -2.31. The molecule has 0 aliphatic rings.